The Labute approximate surface area is 116 Å². The highest BCUT2D eigenvalue weighted by Gasteiger charge is 2.14. The molecule has 20 heavy (non-hydrogen) atoms. The van der Waals surface area contributed by atoms with E-state index in [2.05, 4.69) is 4.98 Å². The Hall–Kier alpha value is -2.76. The van der Waals surface area contributed by atoms with Gasteiger partial charge in [-0.15, -0.1) is 0 Å². The van der Waals surface area contributed by atoms with Crippen LogP contribution in [0.2, 0.25) is 0 Å². The molecule has 0 aliphatic carbocycles. The monoisotopic (exact) mass is 273 g/mol. The van der Waals surface area contributed by atoms with E-state index in [4.69, 9.17) is 20.9 Å². The van der Waals surface area contributed by atoms with E-state index in [-0.39, 0.29) is 11.4 Å². The number of pyridine rings is 1. The summed E-state index contributed by atoms with van der Waals surface area (Å²) in [6, 6.07) is 7.06. The lowest BCUT2D eigenvalue weighted by Crippen LogP contribution is -2.16. The van der Waals surface area contributed by atoms with Gasteiger partial charge in [-0.2, -0.15) is 0 Å². The van der Waals surface area contributed by atoms with Gasteiger partial charge in [-0.3, -0.25) is 4.79 Å². The van der Waals surface area contributed by atoms with Crippen LogP contribution in [0.15, 0.2) is 30.5 Å². The minimum atomic E-state index is -0.662. The minimum Gasteiger partial charge on any atom is -0.493 e. The van der Waals surface area contributed by atoms with Gasteiger partial charge in [0.25, 0.3) is 5.91 Å². The lowest BCUT2D eigenvalue weighted by atomic mass is 10.0. The molecule has 0 saturated heterocycles. The molecule has 1 heterocycles. The molecule has 0 spiro atoms. The summed E-state index contributed by atoms with van der Waals surface area (Å²) in [4.78, 5) is 15.1. The van der Waals surface area contributed by atoms with E-state index in [1.54, 1.807) is 32.4 Å². The number of rotatable bonds is 4. The van der Waals surface area contributed by atoms with Gasteiger partial charge >= 0.3 is 0 Å². The summed E-state index contributed by atoms with van der Waals surface area (Å²) in [5.41, 5.74) is 12.9. The fourth-order valence-corrected chi connectivity index (χ4v) is 1.93. The standard InChI is InChI=1S/C14H15N3O3/c1-19-10-4-3-8(7-11(10)20-2)9-5-6-17-13(12(9)15)14(16)18/h3-7H,15H2,1-2H3,(H2,16,18). The summed E-state index contributed by atoms with van der Waals surface area (Å²) in [6.07, 6.45) is 1.49. The molecule has 0 saturated carbocycles. The van der Waals surface area contributed by atoms with Crippen molar-refractivity contribution in [2.24, 2.45) is 5.73 Å². The van der Waals surface area contributed by atoms with Crippen molar-refractivity contribution in [1.82, 2.24) is 4.98 Å². The van der Waals surface area contributed by atoms with E-state index < -0.39 is 5.91 Å². The summed E-state index contributed by atoms with van der Waals surface area (Å²) in [5, 5.41) is 0. The van der Waals surface area contributed by atoms with Crippen molar-refractivity contribution in [3.8, 4) is 22.6 Å². The van der Waals surface area contributed by atoms with Crippen LogP contribution in [0.4, 0.5) is 5.69 Å². The van der Waals surface area contributed by atoms with Crippen LogP contribution in [-0.4, -0.2) is 25.1 Å². The Kier molecular flexibility index (Phi) is 3.74. The number of nitrogens with zero attached hydrogens (tertiary/aromatic N) is 1. The first-order valence-electron chi connectivity index (χ1n) is 5.85. The minimum absolute atomic E-state index is 0.0530. The Bertz CT molecular complexity index is 656. The van der Waals surface area contributed by atoms with Crippen molar-refractivity contribution >= 4 is 11.6 Å². The second-order valence-corrected chi connectivity index (χ2v) is 4.05. The molecule has 1 aromatic carbocycles. The molecule has 0 bridgehead atoms. The van der Waals surface area contributed by atoms with Crippen molar-refractivity contribution < 1.29 is 14.3 Å². The molecule has 6 heteroatoms. The number of amides is 1. The zero-order chi connectivity index (χ0) is 14.7. The molecule has 0 aliphatic rings. The average molecular weight is 273 g/mol. The fourth-order valence-electron chi connectivity index (χ4n) is 1.93. The van der Waals surface area contributed by atoms with Crippen molar-refractivity contribution in [2.75, 3.05) is 20.0 Å². The van der Waals surface area contributed by atoms with E-state index in [0.29, 0.717) is 17.1 Å². The molecule has 0 radical (unpaired) electrons. The first-order chi connectivity index (χ1) is 9.58. The number of primary amides is 1. The number of hydrogen-bond acceptors (Lipinski definition) is 5. The quantitative estimate of drug-likeness (QED) is 0.878. The normalized spacial score (nSPS) is 10.1. The molecule has 1 aromatic heterocycles. The lowest BCUT2D eigenvalue weighted by Gasteiger charge is -2.12. The number of anilines is 1. The molecule has 4 N–H and O–H groups in total. The van der Waals surface area contributed by atoms with E-state index in [9.17, 15) is 4.79 Å². The lowest BCUT2D eigenvalue weighted by molar-refractivity contribution is 0.0996. The Morgan fingerprint density at radius 3 is 2.45 bits per heavy atom. The van der Waals surface area contributed by atoms with Gasteiger partial charge in [-0.05, 0) is 23.8 Å². The predicted molar refractivity (Wildman–Crippen MR) is 75.7 cm³/mol. The zero-order valence-electron chi connectivity index (χ0n) is 11.2. The maximum Gasteiger partial charge on any atom is 0.269 e. The van der Waals surface area contributed by atoms with Crippen LogP contribution in [0.25, 0.3) is 11.1 Å². The molecule has 1 amide bonds. The highest BCUT2D eigenvalue weighted by molar-refractivity contribution is 5.99. The van der Waals surface area contributed by atoms with Gasteiger partial charge in [0.05, 0.1) is 19.9 Å². The van der Waals surface area contributed by atoms with Crippen LogP contribution in [0, 0.1) is 0 Å². The van der Waals surface area contributed by atoms with E-state index >= 15 is 0 Å². The molecule has 104 valence electrons. The highest BCUT2D eigenvalue weighted by atomic mass is 16.5. The third-order valence-electron chi connectivity index (χ3n) is 2.92. The van der Waals surface area contributed by atoms with Gasteiger partial charge in [0.1, 0.15) is 0 Å². The second kappa shape index (κ2) is 5.48. The largest absolute Gasteiger partial charge is 0.493 e. The van der Waals surface area contributed by atoms with Crippen molar-refractivity contribution in [3.63, 3.8) is 0 Å². The number of nitrogen functional groups attached to an aromatic ring is 1. The topological polar surface area (TPSA) is 100 Å². The summed E-state index contributed by atoms with van der Waals surface area (Å²) in [5.74, 6) is 0.519. The van der Waals surface area contributed by atoms with E-state index in [1.165, 1.54) is 6.20 Å². The van der Waals surface area contributed by atoms with Crippen LogP contribution in [0.1, 0.15) is 10.5 Å². The molecule has 0 unspecified atom stereocenters. The molecule has 2 rings (SSSR count). The summed E-state index contributed by atoms with van der Waals surface area (Å²) >= 11 is 0. The molecular weight excluding hydrogens is 258 g/mol. The first kappa shape index (κ1) is 13.7. The Balaban J connectivity index is 2.57. The Morgan fingerprint density at radius 2 is 1.85 bits per heavy atom. The molecule has 0 atom stereocenters. The average Bonchev–Trinajstić information content (AvgIpc) is 2.46. The second-order valence-electron chi connectivity index (χ2n) is 4.05. The van der Waals surface area contributed by atoms with Gasteiger partial charge < -0.3 is 20.9 Å². The van der Waals surface area contributed by atoms with Crippen LogP contribution in [0.3, 0.4) is 0 Å². The van der Waals surface area contributed by atoms with Gasteiger partial charge in [0.2, 0.25) is 0 Å². The Morgan fingerprint density at radius 1 is 1.15 bits per heavy atom. The third kappa shape index (κ3) is 2.35. The van der Waals surface area contributed by atoms with Gasteiger partial charge in [0.15, 0.2) is 17.2 Å². The molecule has 2 aromatic rings. The van der Waals surface area contributed by atoms with Gasteiger partial charge in [-0.1, -0.05) is 6.07 Å². The molecule has 0 aliphatic heterocycles. The molecule has 6 nitrogen and oxygen atoms in total. The number of carbonyl (C=O) groups excluding carboxylic acids is 1. The summed E-state index contributed by atoms with van der Waals surface area (Å²) in [6.45, 7) is 0. The maximum absolute atomic E-state index is 11.3. The number of aromatic nitrogens is 1. The van der Waals surface area contributed by atoms with Gasteiger partial charge in [-0.25, -0.2) is 4.98 Å². The van der Waals surface area contributed by atoms with Crippen molar-refractivity contribution in [2.45, 2.75) is 0 Å². The number of benzene rings is 1. The highest BCUT2D eigenvalue weighted by Crippen LogP contribution is 2.34. The number of methoxy groups -OCH3 is 2. The third-order valence-corrected chi connectivity index (χ3v) is 2.92. The van der Waals surface area contributed by atoms with E-state index in [0.717, 1.165) is 5.56 Å². The number of nitrogens with two attached hydrogens (primary N) is 2. The van der Waals surface area contributed by atoms with Crippen LogP contribution in [0.5, 0.6) is 11.5 Å². The number of hydrogen-bond donors (Lipinski definition) is 2. The zero-order valence-corrected chi connectivity index (χ0v) is 11.2. The molecule has 0 fully saturated rings. The van der Waals surface area contributed by atoms with Crippen LogP contribution in [-0.2, 0) is 0 Å². The smallest absolute Gasteiger partial charge is 0.269 e. The number of carbonyl (C=O) groups is 1. The predicted octanol–water partition coefficient (Wildman–Crippen LogP) is 1.45. The first-order valence-corrected chi connectivity index (χ1v) is 5.85. The summed E-state index contributed by atoms with van der Waals surface area (Å²) < 4.78 is 10.4. The van der Waals surface area contributed by atoms with Crippen LogP contribution < -0.4 is 20.9 Å². The van der Waals surface area contributed by atoms with E-state index in [1.807, 2.05) is 6.07 Å². The number of ether oxygens (including phenoxy) is 2. The SMILES string of the molecule is COc1ccc(-c2ccnc(C(N)=O)c2N)cc1OC. The van der Waals surface area contributed by atoms with Crippen molar-refractivity contribution in [3.05, 3.63) is 36.2 Å². The van der Waals surface area contributed by atoms with Crippen molar-refractivity contribution in [1.29, 1.82) is 0 Å². The molecular formula is C14H15N3O3. The van der Waals surface area contributed by atoms with Gasteiger partial charge in [0, 0.05) is 11.8 Å². The van der Waals surface area contributed by atoms with Crippen LogP contribution >= 0.6 is 0 Å². The fraction of sp³-hybridized carbons (Fsp3) is 0.143. The maximum atomic E-state index is 11.3. The summed E-state index contributed by atoms with van der Waals surface area (Å²) in [7, 11) is 3.11.